The molecule has 0 bridgehead atoms. The Morgan fingerprint density at radius 2 is 2.45 bits per heavy atom. The Morgan fingerprint density at radius 3 is 3.27 bits per heavy atom. The summed E-state index contributed by atoms with van der Waals surface area (Å²) in [5.41, 5.74) is 3.94. The summed E-state index contributed by atoms with van der Waals surface area (Å²) in [5, 5.41) is 0. The van der Waals surface area contributed by atoms with Crippen LogP contribution >= 0.6 is 11.9 Å². The number of benzene rings is 1. The lowest BCUT2D eigenvalue weighted by Crippen LogP contribution is -1.95. The first-order valence-electron chi connectivity index (χ1n) is 3.21. The van der Waals surface area contributed by atoms with Crippen LogP contribution in [0.1, 0.15) is 0 Å². The van der Waals surface area contributed by atoms with Gasteiger partial charge in [-0.05, 0) is 18.2 Å². The minimum absolute atomic E-state index is 0.871. The van der Waals surface area contributed by atoms with Gasteiger partial charge >= 0.3 is 0 Å². The summed E-state index contributed by atoms with van der Waals surface area (Å²) in [7, 11) is 1.66. The molecule has 2 rings (SSSR count). The minimum Gasteiger partial charge on any atom is -0.497 e. The quantitative estimate of drug-likeness (QED) is 0.646. The molecule has 57 valence electrons. The highest BCUT2D eigenvalue weighted by molar-refractivity contribution is 7.97. The van der Waals surface area contributed by atoms with Crippen molar-refractivity contribution in [1.29, 1.82) is 0 Å². The van der Waals surface area contributed by atoms with E-state index in [0.717, 1.165) is 16.3 Å². The van der Waals surface area contributed by atoms with Gasteiger partial charge in [0.25, 0.3) is 0 Å². The van der Waals surface area contributed by atoms with Crippen molar-refractivity contribution in [2.24, 2.45) is 0 Å². The zero-order valence-electron chi connectivity index (χ0n) is 6.00. The maximum Gasteiger partial charge on any atom is 0.120 e. The van der Waals surface area contributed by atoms with Crippen molar-refractivity contribution in [3.63, 3.8) is 0 Å². The average Bonchev–Trinajstić information content (AvgIpc) is 2.50. The summed E-state index contributed by atoms with van der Waals surface area (Å²) < 4.78 is 5.06. The van der Waals surface area contributed by atoms with Gasteiger partial charge in [-0.25, -0.2) is 0 Å². The smallest absolute Gasteiger partial charge is 0.120 e. The van der Waals surface area contributed by atoms with Crippen molar-refractivity contribution in [3.8, 4) is 5.75 Å². The summed E-state index contributed by atoms with van der Waals surface area (Å²) in [6.07, 6.45) is 0. The van der Waals surface area contributed by atoms with Crippen molar-refractivity contribution in [2.45, 2.75) is 4.90 Å². The second-order valence-corrected chi connectivity index (χ2v) is 2.96. The molecule has 1 heterocycles. The Balaban J connectivity index is 2.41. The van der Waals surface area contributed by atoms with Gasteiger partial charge in [0.1, 0.15) is 5.75 Å². The van der Waals surface area contributed by atoms with Gasteiger partial charge in [0, 0.05) is 11.9 Å². The molecule has 1 aliphatic heterocycles. The largest absolute Gasteiger partial charge is 0.497 e. The third kappa shape index (κ3) is 1.15. The highest BCUT2D eigenvalue weighted by Crippen LogP contribution is 2.34. The Kier molecular flexibility index (Phi) is 1.63. The van der Waals surface area contributed by atoms with Crippen LogP contribution in [0.25, 0.3) is 0 Å². The first kappa shape index (κ1) is 6.82. The van der Waals surface area contributed by atoms with Gasteiger partial charge in [-0.15, -0.1) is 0 Å². The van der Waals surface area contributed by atoms with E-state index < -0.39 is 0 Å². The monoisotopic (exact) mass is 167 g/mol. The summed E-state index contributed by atoms with van der Waals surface area (Å²) in [6.45, 7) is 0. The number of fused-ring (bicyclic) bond motifs is 1. The predicted octanol–water partition coefficient (Wildman–Crippen LogP) is 1.65. The molecule has 1 radical (unpaired) electrons. The summed E-state index contributed by atoms with van der Waals surface area (Å²) in [5.74, 6) is 0.871. The maximum absolute atomic E-state index is 5.06. The van der Waals surface area contributed by atoms with Crippen LogP contribution in [0.2, 0.25) is 0 Å². The maximum atomic E-state index is 5.06. The second kappa shape index (κ2) is 2.64. The summed E-state index contributed by atoms with van der Waals surface area (Å²) in [4.78, 5) is 5.05. The molecule has 0 saturated heterocycles. The van der Waals surface area contributed by atoms with Crippen LogP contribution in [0.15, 0.2) is 23.1 Å². The Hall–Kier alpha value is -0.870. The molecule has 1 aromatic carbocycles. The molecule has 0 saturated carbocycles. The van der Waals surface area contributed by atoms with E-state index in [9.17, 15) is 0 Å². The fourth-order valence-corrected chi connectivity index (χ4v) is 1.54. The molecule has 11 heavy (non-hydrogen) atoms. The number of hydrogen-bond donors (Lipinski definition) is 1. The first-order valence-corrected chi connectivity index (χ1v) is 3.98. The predicted molar refractivity (Wildman–Crippen MR) is 44.6 cm³/mol. The lowest BCUT2D eigenvalue weighted by atomic mass is 10.3. The summed E-state index contributed by atoms with van der Waals surface area (Å²) in [6, 6.07) is 5.83. The highest BCUT2D eigenvalue weighted by Gasteiger charge is 2.11. The number of hydrogen-bond acceptors (Lipinski definition) is 3. The molecule has 1 aromatic rings. The van der Waals surface area contributed by atoms with Gasteiger partial charge < -0.3 is 4.74 Å². The van der Waals surface area contributed by atoms with E-state index >= 15 is 0 Å². The fraction of sp³-hybridized carbons (Fsp3) is 0.143. The average molecular weight is 167 g/mol. The lowest BCUT2D eigenvalue weighted by Gasteiger charge is -2.00. The van der Waals surface area contributed by atoms with Crippen molar-refractivity contribution >= 4 is 17.6 Å². The zero-order valence-corrected chi connectivity index (χ0v) is 6.81. The van der Waals surface area contributed by atoms with E-state index in [0.29, 0.717) is 0 Å². The first-order chi connectivity index (χ1) is 5.40. The van der Waals surface area contributed by atoms with Crippen molar-refractivity contribution < 1.29 is 4.74 Å². The third-order valence-electron chi connectivity index (χ3n) is 1.50. The SMILES string of the molecule is COc1ccc2c(c1)S[N]N2. The standard InChI is InChI=1S/C7H7N2OS/c1-10-5-2-3-6-7(4-5)11-9-8-6/h2-4,8H,1H3. The van der Waals surface area contributed by atoms with Crippen molar-refractivity contribution in [1.82, 2.24) is 4.83 Å². The molecular formula is C7H7N2OS. The van der Waals surface area contributed by atoms with E-state index in [4.69, 9.17) is 4.74 Å². The molecule has 0 unspecified atom stereocenters. The highest BCUT2D eigenvalue weighted by atomic mass is 32.2. The number of nitrogens with one attached hydrogen (secondary N) is 1. The number of ether oxygens (including phenoxy) is 1. The molecule has 0 atom stereocenters. The van der Waals surface area contributed by atoms with Crippen molar-refractivity contribution in [3.05, 3.63) is 18.2 Å². The van der Waals surface area contributed by atoms with Gasteiger partial charge in [-0.1, -0.05) is 4.83 Å². The molecule has 1 N–H and O–H groups in total. The molecule has 4 heteroatoms. The van der Waals surface area contributed by atoms with Crippen LogP contribution in [0.3, 0.4) is 0 Å². The number of methoxy groups -OCH3 is 1. The van der Waals surface area contributed by atoms with Crippen molar-refractivity contribution in [2.75, 3.05) is 12.5 Å². The number of rotatable bonds is 1. The molecule has 0 fully saturated rings. The third-order valence-corrected chi connectivity index (χ3v) is 2.22. The van der Waals surface area contributed by atoms with Crippen LogP contribution in [0, 0.1) is 0 Å². The minimum atomic E-state index is 0.871. The van der Waals surface area contributed by atoms with Gasteiger partial charge in [0.05, 0.1) is 17.7 Å². The molecule has 0 aliphatic carbocycles. The van der Waals surface area contributed by atoms with Crippen LogP contribution < -0.4 is 15.0 Å². The van der Waals surface area contributed by atoms with Gasteiger partial charge in [0.2, 0.25) is 0 Å². The second-order valence-electron chi connectivity index (χ2n) is 2.16. The van der Waals surface area contributed by atoms with Crippen LogP contribution in [0.4, 0.5) is 5.69 Å². The van der Waals surface area contributed by atoms with Gasteiger partial charge in [-0.3, -0.25) is 5.43 Å². The molecule has 1 aliphatic rings. The van der Waals surface area contributed by atoms with E-state index in [2.05, 4.69) is 10.3 Å². The normalized spacial score (nSPS) is 13.9. The topological polar surface area (TPSA) is 35.4 Å². The molecule has 0 spiro atoms. The number of anilines is 1. The molecule has 0 aromatic heterocycles. The molecular weight excluding hydrogens is 160 g/mol. The van der Waals surface area contributed by atoms with Crippen LogP contribution in [-0.2, 0) is 0 Å². The molecule has 0 amide bonds. The van der Waals surface area contributed by atoms with Crippen LogP contribution in [-0.4, -0.2) is 7.11 Å². The summed E-state index contributed by atoms with van der Waals surface area (Å²) >= 11 is 1.43. The molecule has 3 nitrogen and oxygen atoms in total. The zero-order chi connectivity index (χ0) is 7.68. The van der Waals surface area contributed by atoms with E-state index in [1.165, 1.54) is 11.9 Å². The van der Waals surface area contributed by atoms with E-state index in [-0.39, 0.29) is 0 Å². The van der Waals surface area contributed by atoms with Gasteiger partial charge in [0.15, 0.2) is 0 Å². The van der Waals surface area contributed by atoms with E-state index in [1.807, 2.05) is 18.2 Å². The lowest BCUT2D eigenvalue weighted by molar-refractivity contribution is 0.414. The van der Waals surface area contributed by atoms with E-state index in [1.54, 1.807) is 7.11 Å². The Bertz CT molecular complexity index is 277. The fourth-order valence-electron chi connectivity index (χ4n) is 0.919. The van der Waals surface area contributed by atoms with Crippen LogP contribution in [0.5, 0.6) is 5.75 Å². The van der Waals surface area contributed by atoms with Gasteiger partial charge in [-0.2, -0.15) is 0 Å². The Labute approximate surface area is 69.2 Å². The Morgan fingerprint density at radius 1 is 1.55 bits per heavy atom. The number of nitrogens with zero attached hydrogens (tertiary/aromatic N) is 1.